The van der Waals surface area contributed by atoms with Crippen molar-refractivity contribution in [2.45, 2.75) is 18.6 Å². The number of ether oxygens (including phenoxy) is 1. The van der Waals surface area contributed by atoms with Gasteiger partial charge in [-0.25, -0.2) is 8.78 Å². The minimum absolute atomic E-state index is 0.425. The van der Waals surface area contributed by atoms with Crippen LogP contribution in [0.15, 0.2) is 0 Å². The van der Waals surface area contributed by atoms with Crippen molar-refractivity contribution in [3.05, 3.63) is 0 Å². The zero-order valence-corrected chi connectivity index (χ0v) is 5.96. The lowest BCUT2D eigenvalue weighted by Crippen LogP contribution is -2.28. The monoisotopic (exact) mass is 167 g/mol. The minimum atomic E-state index is -2.46. The molecule has 1 aliphatic heterocycles. The lowest BCUT2D eigenvalue weighted by Gasteiger charge is -2.13. The highest BCUT2D eigenvalue weighted by atomic mass is 19.3. The van der Waals surface area contributed by atoms with E-state index in [2.05, 4.69) is 5.32 Å². The first-order chi connectivity index (χ1) is 5.20. The first-order valence-corrected chi connectivity index (χ1v) is 3.48. The lowest BCUT2D eigenvalue weighted by molar-refractivity contribution is -0.0542. The van der Waals surface area contributed by atoms with Crippen LogP contribution in [0.2, 0.25) is 0 Å². The van der Waals surface area contributed by atoms with Crippen LogP contribution in [0.1, 0.15) is 0 Å². The molecule has 3 nitrogen and oxygen atoms in total. The van der Waals surface area contributed by atoms with E-state index in [0.29, 0.717) is 13.1 Å². The maximum Gasteiger partial charge on any atom is 0.261 e. The maximum atomic E-state index is 11.6. The fraction of sp³-hybridized carbons (Fsp3) is 1.00. The molecule has 1 aliphatic rings. The summed E-state index contributed by atoms with van der Waals surface area (Å²) < 4.78 is 27.9. The molecule has 1 saturated heterocycles. The third-order valence-corrected chi connectivity index (χ3v) is 1.56. The molecule has 1 heterocycles. The van der Waals surface area contributed by atoms with Crippen molar-refractivity contribution >= 4 is 0 Å². The van der Waals surface area contributed by atoms with Crippen molar-refractivity contribution in [2.24, 2.45) is 0 Å². The highest BCUT2D eigenvalue weighted by Crippen LogP contribution is 2.06. The number of hydrogen-bond acceptors (Lipinski definition) is 3. The maximum absolute atomic E-state index is 11.6. The van der Waals surface area contributed by atoms with E-state index in [-0.39, 0.29) is 0 Å². The van der Waals surface area contributed by atoms with Gasteiger partial charge in [0.15, 0.2) is 0 Å². The molecule has 0 saturated carbocycles. The van der Waals surface area contributed by atoms with Crippen LogP contribution < -0.4 is 5.32 Å². The van der Waals surface area contributed by atoms with E-state index >= 15 is 0 Å². The van der Waals surface area contributed by atoms with Crippen LogP contribution in [-0.2, 0) is 4.74 Å². The Kier molecular flexibility index (Phi) is 3.16. The zero-order chi connectivity index (χ0) is 8.27. The topological polar surface area (TPSA) is 41.5 Å². The number of aliphatic hydroxyl groups is 1. The number of aliphatic hydroxyl groups excluding tert-OH is 1. The van der Waals surface area contributed by atoms with Gasteiger partial charge < -0.3 is 15.2 Å². The Morgan fingerprint density at radius 1 is 1.55 bits per heavy atom. The van der Waals surface area contributed by atoms with Crippen LogP contribution in [0.25, 0.3) is 0 Å². The van der Waals surface area contributed by atoms with E-state index in [0.717, 1.165) is 0 Å². The van der Waals surface area contributed by atoms with Crippen molar-refractivity contribution in [1.82, 2.24) is 5.32 Å². The third kappa shape index (κ3) is 2.69. The van der Waals surface area contributed by atoms with E-state index in [9.17, 15) is 8.78 Å². The first-order valence-electron chi connectivity index (χ1n) is 3.48. The molecule has 5 heteroatoms. The van der Waals surface area contributed by atoms with Gasteiger partial charge in [-0.3, -0.25) is 0 Å². The van der Waals surface area contributed by atoms with E-state index < -0.39 is 25.2 Å². The van der Waals surface area contributed by atoms with Gasteiger partial charge in [0.1, 0.15) is 6.61 Å². The Morgan fingerprint density at radius 2 is 2.27 bits per heavy atom. The highest BCUT2D eigenvalue weighted by Gasteiger charge is 2.26. The summed E-state index contributed by atoms with van der Waals surface area (Å²) in [7, 11) is 0. The van der Waals surface area contributed by atoms with Gasteiger partial charge in [0.05, 0.1) is 12.2 Å². The Hall–Kier alpha value is -0.260. The molecule has 0 aromatic rings. The fourth-order valence-corrected chi connectivity index (χ4v) is 1.01. The van der Waals surface area contributed by atoms with Crippen LogP contribution in [0.3, 0.4) is 0 Å². The van der Waals surface area contributed by atoms with Gasteiger partial charge in [0.2, 0.25) is 0 Å². The summed E-state index contributed by atoms with van der Waals surface area (Å²) in [4.78, 5) is 0. The van der Waals surface area contributed by atoms with Crippen LogP contribution in [0.5, 0.6) is 0 Å². The Bertz CT molecular complexity index is 123. The fourth-order valence-electron chi connectivity index (χ4n) is 1.01. The average Bonchev–Trinajstić information content (AvgIpc) is 2.31. The number of nitrogens with one attached hydrogen (secondary N) is 1. The van der Waals surface area contributed by atoms with Crippen LogP contribution >= 0.6 is 0 Å². The summed E-state index contributed by atoms with van der Waals surface area (Å²) >= 11 is 0. The van der Waals surface area contributed by atoms with Gasteiger partial charge >= 0.3 is 0 Å². The number of hydrogen-bond donors (Lipinski definition) is 2. The average molecular weight is 167 g/mol. The molecule has 11 heavy (non-hydrogen) atoms. The second kappa shape index (κ2) is 3.94. The van der Waals surface area contributed by atoms with Crippen LogP contribution in [0, 0.1) is 0 Å². The number of alkyl halides is 2. The van der Waals surface area contributed by atoms with Gasteiger partial charge in [-0.15, -0.1) is 0 Å². The highest BCUT2D eigenvalue weighted by molar-refractivity contribution is 4.81. The molecular formula is C6H11F2NO2. The second-order valence-electron chi connectivity index (χ2n) is 2.49. The van der Waals surface area contributed by atoms with E-state index in [1.54, 1.807) is 0 Å². The van der Waals surface area contributed by atoms with Crippen molar-refractivity contribution < 1.29 is 18.6 Å². The lowest BCUT2D eigenvalue weighted by atomic mass is 10.3. The summed E-state index contributed by atoms with van der Waals surface area (Å²) in [5.41, 5.74) is 0. The first kappa shape index (κ1) is 8.83. The predicted molar refractivity (Wildman–Crippen MR) is 34.6 cm³/mol. The Balaban J connectivity index is 2.15. The van der Waals surface area contributed by atoms with Gasteiger partial charge in [-0.05, 0) is 0 Å². The Labute approximate surface area is 63.3 Å². The molecule has 66 valence electrons. The molecular weight excluding hydrogens is 156 g/mol. The summed E-state index contributed by atoms with van der Waals surface area (Å²) in [5, 5.41) is 11.9. The van der Waals surface area contributed by atoms with Crippen molar-refractivity contribution in [2.75, 3.05) is 19.7 Å². The molecule has 0 radical (unpaired) electrons. The normalized spacial score (nSPS) is 31.6. The zero-order valence-electron chi connectivity index (χ0n) is 5.96. The van der Waals surface area contributed by atoms with Crippen LogP contribution in [0.4, 0.5) is 8.78 Å². The molecule has 0 spiro atoms. The van der Waals surface area contributed by atoms with Crippen molar-refractivity contribution in [3.8, 4) is 0 Å². The Morgan fingerprint density at radius 3 is 2.73 bits per heavy atom. The molecule has 2 N–H and O–H groups in total. The predicted octanol–water partition coefficient (Wildman–Crippen LogP) is -0.399. The van der Waals surface area contributed by atoms with Gasteiger partial charge in [0, 0.05) is 13.1 Å². The van der Waals surface area contributed by atoms with Crippen molar-refractivity contribution in [1.29, 1.82) is 0 Å². The van der Waals surface area contributed by atoms with Crippen molar-refractivity contribution in [3.63, 3.8) is 0 Å². The van der Waals surface area contributed by atoms with Gasteiger partial charge in [0.25, 0.3) is 6.43 Å². The summed E-state index contributed by atoms with van der Waals surface area (Å²) in [5.74, 6) is 0. The largest absolute Gasteiger partial charge is 0.389 e. The minimum Gasteiger partial charge on any atom is -0.389 e. The number of β-amino-alcohol motifs (C(OH)–C–C–N with tert-alkyl or cyclic N) is 1. The molecule has 0 aliphatic carbocycles. The van der Waals surface area contributed by atoms with E-state index in [1.165, 1.54) is 0 Å². The molecule has 1 unspecified atom stereocenters. The van der Waals surface area contributed by atoms with Gasteiger partial charge in [-0.2, -0.15) is 0 Å². The molecule has 0 aromatic heterocycles. The van der Waals surface area contributed by atoms with E-state index in [1.807, 2.05) is 0 Å². The molecule has 0 aromatic carbocycles. The summed E-state index contributed by atoms with van der Waals surface area (Å²) in [6.07, 6.45) is -3.57. The standard InChI is InChI=1S/C6H11F2NO2/c7-6(8)3-11-5-2-9-1-4(5)10/h4-6,9-10H,1-3H2/t4-,5?/m1/s1. The smallest absolute Gasteiger partial charge is 0.261 e. The molecule has 0 amide bonds. The quantitative estimate of drug-likeness (QED) is 0.601. The third-order valence-electron chi connectivity index (χ3n) is 1.56. The SMILES string of the molecule is O[C@@H]1CNCC1OCC(F)F. The van der Waals surface area contributed by atoms with Crippen LogP contribution in [-0.4, -0.2) is 43.4 Å². The second-order valence-corrected chi connectivity index (χ2v) is 2.49. The van der Waals surface area contributed by atoms with E-state index in [4.69, 9.17) is 9.84 Å². The summed E-state index contributed by atoms with van der Waals surface area (Å²) in [6, 6.07) is 0. The van der Waals surface area contributed by atoms with Gasteiger partial charge in [-0.1, -0.05) is 0 Å². The summed E-state index contributed by atoms with van der Waals surface area (Å²) in [6.45, 7) is 0.283. The molecule has 2 atom stereocenters. The molecule has 1 fully saturated rings. The number of rotatable bonds is 3. The number of halogens is 2. The molecule has 1 rings (SSSR count). The molecule has 0 bridgehead atoms.